The van der Waals surface area contributed by atoms with Gasteiger partial charge < -0.3 is 10.6 Å². The highest BCUT2D eigenvalue weighted by Gasteiger charge is 2.15. The number of benzene rings is 2. The number of carbonyl (C=O) groups is 2. The number of hydrogen-bond donors (Lipinski definition) is 2. The quantitative estimate of drug-likeness (QED) is 0.879. The highest BCUT2D eigenvalue weighted by molar-refractivity contribution is 5.97. The first-order chi connectivity index (χ1) is 11.3. The van der Waals surface area contributed by atoms with Crippen molar-refractivity contribution < 1.29 is 9.59 Å². The van der Waals surface area contributed by atoms with Crippen LogP contribution in [0.1, 0.15) is 43.1 Å². The molecule has 0 saturated heterocycles. The third-order valence-corrected chi connectivity index (χ3v) is 3.38. The van der Waals surface area contributed by atoms with Gasteiger partial charge in [0.1, 0.15) is 0 Å². The smallest absolute Gasteiger partial charge is 0.251 e. The fourth-order valence-corrected chi connectivity index (χ4v) is 2.28. The maximum Gasteiger partial charge on any atom is 0.251 e. The molecule has 2 rings (SSSR count). The molecule has 0 bridgehead atoms. The molecule has 24 heavy (non-hydrogen) atoms. The number of carbonyl (C=O) groups excluding carboxylic acids is 2. The van der Waals surface area contributed by atoms with Crippen LogP contribution in [-0.4, -0.2) is 17.4 Å². The van der Waals surface area contributed by atoms with E-state index in [1.165, 1.54) is 0 Å². The second-order valence-corrected chi connectivity index (χ2v) is 6.82. The Morgan fingerprint density at radius 3 is 2.33 bits per heavy atom. The predicted molar refractivity (Wildman–Crippen MR) is 97.1 cm³/mol. The molecule has 2 N–H and O–H groups in total. The Hall–Kier alpha value is -2.62. The van der Waals surface area contributed by atoms with E-state index in [2.05, 4.69) is 10.6 Å². The SMILES string of the molecule is CC(C)(C)NC(=O)c1cccc(NC(=O)CCc2ccccc2)c1. The summed E-state index contributed by atoms with van der Waals surface area (Å²) in [4.78, 5) is 24.3. The van der Waals surface area contributed by atoms with E-state index in [0.29, 0.717) is 24.1 Å². The summed E-state index contributed by atoms with van der Waals surface area (Å²) in [6.07, 6.45) is 1.10. The molecule has 2 aromatic rings. The van der Waals surface area contributed by atoms with E-state index in [1.807, 2.05) is 51.1 Å². The summed E-state index contributed by atoms with van der Waals surface area (Å²) in [5.74, 6) is -0.213. The minimum absolute atomic E-state index is 0.0627. The summed E-state index contributed by atoms with van der Waals surface area (Å²) in [5.41, 5.74) is 2.00. The minimum atomic E-state index is -0.300. The Morgan fingerprint density at radius 1 is 0.958 bits per heavy atom. The van der Waals surface area contributed by atoms with Gasteiger partial charge in [-0.15, -0.1) is 0 Å². The number of aryl methyl sites for hydroxylation is 1. The molecule has 4 nitrogen and oxygen atoms in total. The van der Waals surface area contributed by atoms with Crippen molar-refractivity contribution in [2.75, 3.05) is 5.32 Å². The molecule has 4 heteroatoms. The zero-order valence-corrected chi connectivity index (χ0v) is 14.4. The zero-order valence-electron chi connectivity index (χ0n) is 14.4. The number of amides is 2. The molecule has 0 atom stereocenters. The van der Waals surface area contributed by atoms with Gasteiger partial charge in [0, 0.05) is 23.2 Å². The van der Waals surface area contributed by atoms with Crippen LogP contribution in [0.15, 0.2) is 54.6 Å². The van der Waals surface area contributed by atoms with Gasteiger partial charge in [-0.05, 0) is 51.0 Å². The lowest BCUT2D eigenvalue weighted by Crippen LogP contribution is -2.40. The van der Waals surface area contributed by atoms with Crippen molar-refractivity contribution in [1.29, 1.82) is 0 Å². The molecule has 0 aliphatic carbocycles. The molecule has 0 unspecified atom stereocenters. The van der Waals surface area contributed by atoms with Crippen LogP contribution in [-0.2, 0) is 11.2 Å². The summed E-state index contributed by atoms with van der Waals surface area (Å²) in [6.45, 7) is 5.79. The fraction of sp³-hybridized carbons (Fsp3) is 0.300. The van der Waals surface area contributed by atoms with Crippen molar-refractivity contribution in [3.63, 3.8) is 0 Å². The number of rotatable bonds is 5. The molecule has 0 spiro atoms. The molecule has 0 fully saturated rings. The molecule has 2 aromatic carbocycles. The lowest BCUT2D eigenvalue weighted by Gasteiger charge is -2.20. The summed E-state index contributed by atoms with van der Waals surface area (Å²) < 4.78 is 0. The van der Waals surface area contributed by atoms with Crippen LogP contribution in [0.2, 0.25) is 0 Å². The van der Waals surface area contributed by atoms with Gasteiger partial charge in [-0.3, -0.25) is 9.59 Å². The maximum absolute atomic E-state index is 12.2. The van der Waals surface area contributed by atoms with Gasteiger partial charge in [0.15, 0.2) is 0 Å². The lowest BCUT2D eigenvalue weighted by atomic mass is 10.1. The van der Waals surface area contributed by atoms with Crippen molar-refractivity contribution in [1.82, 2.24) is 5.32 Å². The van der Waals surface area contributed by atoms with Crippen LogP contribution < -0.4 is 10.6 Å². The maximum atomic E-state index is 12.2. The highest BCUT2D eigenvalue weighted by Crippen LogP contribution is 2.13. The summed E-state index contributed by atoms with van der Waals surface area (Å²) in [5, 5.41) is 5.76. The molecule has 0 saturated carbocycles. The number of hydrogen-bond acceptors (Lipinski definition) is 2. The van der Waals surface area contributed by atoms with Crippen molar-refractivity contribution >= 4 is 17.5 Å². The largest absolute Gasteiger partial charge is 0.347 e. The topological polar surface area (TPSA) is 58.2 Å². The second-order valence-electron chi connectivity index (χ2n) is 6.82. The van der Waals surface area contributed by atoms with E-state index in [4.69, 9.17) is 0 Å². The highest BCUT2D eigenvalue weighted by atomic mass is 16.2. The standard InChI is InChI=1S/C20H24N2O2/c1-20(2,3)22-19(24)16-10-7-11-17(14-16)21-18(23)13-12-15-8-5-4-6-9-15/h4-11,14H,12-13H2,1-3H3,(H,21,23)(H,22,24). The van der Waals surface area contributed by atoms with Crippen molar-refractivity contribution in [2.45, 2.75) is 39.2 Å². The normalized spacial score (nSPS) is 11.0. The Morgan fingerprint density at radius 2 is 1.67 bits per heavy atom. The molecule has 0 radical (unpaired) electrons. The molecule has 0 aliphatic rings. The van der Waals surface area contributed by atoms with Crippen molar-refractivity contribution in [3.8, 4) is 0 Å². The average molecular weight is 324 g/mol. The van der Waals surface area contributed by atoms with Gasteiger partial charge >= 0.3 is 0 Å². The Labute approximate surface area is 143 Å². The van der Waals surface area contributed by atoms with Crippen LogP contribution in [0.5, 0.6) is 0 Å². The van der Waals surface area contributed by atoms with Crippen LogP contribution in [0, 0.1) is 0 Å². The van der Waals surface area contributed by atoms with Crippen LogP contribution >= 0.6 is 0 Å². The summed E-state index contributed by atoms with van der Waals surface area (Å²) >= 11 is 0. The van der Waals surface area contributed by atoms with E-state index in [0.717, 1.165) is 5.56 Å². The summed E-state index contributed by atoms with van der Waals surface area (Å²) in [6, 6.07) is 16.9. The molecule has 0 heterocycles. The lowest BCUT2D eigenvalue weighted by molar-refractivity contribution is -0.116. The predicted octanol–water partition coefficient (Wildman–Crippen LogP) is 3.79. The first kappa shape index (κ1) is 17.7. The van der Waals surface area contributed by atoms with Gasteiger partial charge in [-0.25, -0.2) is 0 Å². The Bertz CT molecular complexity index is 703. The molecule has 2 amide bonds. The number of anilines is 1. The van der Waals surface area contributed by atoms with Crippen LogP contribution in [0.25, 0.3) is 0 Å². The Kier molecular flexibility index (Phi) is 5.74. The van der Waals surface area contributed by atoms with E-state index in [-0.39, 0.29) is 17.4 Å². The molecule has 126 valence electrons. The van der Waals surface area contributed by atoms with Crippen LogP contribution in [0.3, 0.4) is 0 Å². The van der Waals surface area contributed by atoms with Gasteiger partial charge in [-0.2, -0.15) is 0 Å². The molecule has 0 aromatic heterocycles. The molecular formula is C20H24N2O2. The average Bonchev–Trinajstić information content (AvgIpc) is 2.52. The third-order valence-electron chi connectivity index (χ3n) is 3.38. The third kappa shape index (κ3) is 5.88. The monoisotopic (exact) mass is 324 g/mol. The number of nitrogens with one attached hydrogen (secondary N) is 2. The van der Waals surface area contributed by atoms with Gasteiger partial charge in [-0.1, -0.05) is 36.4 Å². The van der Waals surface area contributed by atoms with E-state index in [1.54, 1.807) is 24.3 Å². The summed E-state index contributed by atoms with van der Waals surface area (Å²) in [7, 11) is 0. The van der Waals surface area contributed by atoms with Crippen molar-refractivity contribution in [2.24, 2.45) is 0 Å². The first-order valence-electron chi connectivity index (χ1n) is 8.10. The van der Waals surface area contributed by atoms with Crippen LogP contribution in [0.4, 0.5) is 5.69 Å². The van der Waals surface area contributed by atoms with Crippen molar-refractivity contribution in [3.05, 3.63) is 65.7 Å². The second kappa shape index (κ2) is 7.77. The van der Waals surface area contributed by atoms with E-state index < -0.39 is 0 Å². The zero-order chi connectivity index (χ0) is 17.6. The van der Waals surface area contributed by atoms with Gasteiger partial charge in [0.25, 0.3) is 5.91 Å². The van der Waals surface area contributed by atoms with E-state index in [9.17, 15) is 9.59 Å². The molecule has 0 aliphatic heterocycles. The molecular weight excluding hydrogens is 300 g/mol. The van der Waals surface area contributed by atoms with E-state index >= 15 is 0 Å². The van der Waals surface area contributed by atoms with Gasteiger partial charge in [0.05, 0.1) is 0 Å². The Balaban J connectivity index is 1.94. The first-order valence-corrected chi connectivity index (χ1v) is 8.10. The minimum Gasteiger partial charge on any atom is -0.347 e. The fourth-order valence-electron chi connectivity index (χ4n) is 2.28. The van der Waals surface area contributed by atoms with Gasteiger partial charge in [0.2, 0.25) is 5.91 Å².